The van der Waals surface area contributed by atoms with Gasteiger partial charge in [0.1, 0.15) is 0 Å². The molecule has 9 atom stereocenters. The molecule has 4 aliphatic carbocycles. The van der Waals surface area contributed by atoms with Crippen molar-refractivity contribution in [2.75, 3.05) is 0 Å². The van der Waals surface area contributed by atoms with Crippen molar-refractivity contribution in [1.29, 1.82) is 0 Å². The zero-order valence-corrected chi connectivity index (χ0v) is 19.6. The van der Waals surface area contributed by atoms with E-state index in [9.17, 15) is 9.90 Å². The normalized spacial score (nSPS) is 47.7. The Kier molecular flexibility index (Phi) is 6.13. The van der Waals surface area contributed by atoms with E-state index in [4.69, 9.17) is 0 Å². The lowest BCUT2D eigenvalue weighted by molar-refractivity contribution is -0.143. The number of carboxylic acid groups (broad SMARTS) is 1. The average molecular weight is 403 g/mol. The van der Waals surface area contributed by atoms with Crippen molar-refractivity contribution >= 4 is 5.97 Å². The van der Waals surface area contributed by atoms with Crippen LogP contribution in [-0.2, 0) is 4.79 Å². The third-order valence-corrected chi connectivity index (χ3v) is 11.0. The molecule has 0 saturated heterocycles. The molecule has 0 aromatic rings. The number of hydrogen-bond donors (Lipinski definition) is 1. The van der Waals surface area contributed by atoms with Crippen molar-refractivity contribution in [2.24, 2.45) is 52.3 Å². The summed E-state index contributed by atoms with van der Waals surface area (Å²) in [7, 11) is 0. The molecule has 4 rings (SSSR count). The van der Waals surface area contributed by atoms with E-state index in [-0.39, 0.29) is 0 Å². The number of carbonyl (C=O) groups is 1. The van der Waals surface area contributed by atoms with Gasteiger partial charge in [0.25, 0.3) is 0 Å². The number of aliphatic carboxylic acids is 1. The molecule has 0 aromatic carbocycles. The zero-order chi connectivity index (χ0) is 20.8. The molecular weight excluding hydrogens is 356 g/mol. The van der Waals surface area contributed by atoms with E-state index in [1.54, 1.807) is 0 Å². The Balaban J connectivity index is 1.59. The van der Waals surface area contributed by atoms with E-state index >= 15 is 0 Å². The molecule has 0 aromatic heterocycles. The van der Waals surface area contributed by atoms with E-state index in [1.165, 1.54) is 70.6 Å². The van der Waals surface area contributed by atoms with Crippen LogP contribution in [0, 0.1) is 52.3 Å². The topological polar surface area (TPSA) is 37.3 Å². The summed E-state index contributed by atoms with van der Waals surface area (Å²) >= 11 is 0. The van der Waals surface area contributed by atoms with Gasteiger partial charge in [0.2, 0.25) is 0 Å². The number of rotatable bonds is 6. The van der Waals surface area contributed by atoms with Gasteiger partial charge in [0, 0.05) is 6.42 Å². The average Bonchev–Trinajstić information content (AvgIpc) is 3.03. The Morgan fingerprint density at radius 2 is 1.79 bits per heavy atom. The Bertz CT molecular complexity index is 599. The van der Waals surface area contributed by atoms with Gasteiger partial charge in [0.05, 0.1) is 0 Å². The molecule has 0 amide bonds. The van der Waals surface area contributed by atoms with Gasteiger partial charge >= 0.3 is 5.97 Å². The van der Waals surface area contributed by atoms with Gasteiger partial charge in [-0.2, -0.15) is 0 Å². The van der Waals surface area contributed by atoms with Gasteiger partial charge in [-0.1, -0.05) is 53.4 Å². The Labute approximate surface area is 179 Å². The molecule has 0 bridgehead atoms. The molecule has 166 valence electrons. The summed E-state index contributed by atoms with van der Waals surface area (Å²) in [6, 6.07) is 0. The second-order valence-electron chi connectivity index (χ2n) is 12.2. The Hall–Kier alpha value is -0.530. The first-order chi connectivity index (χ1) is 13.8. The maximum Gasteiger partial charge on any atom is 0.303 e. The maximum atomic E-state index is 11.2. The monoisotopic (exact) mass is 402 g/mol. The highest BCUT2D eigenvalue weighted by atomic mass is 16.4. The zero-order valence-electron chi connectivity index (χ0n) is 19.6. The van der Waals surface area contributed by atoms with E-state index in [0.29, 0.717) is 23.2 Å². The molecule has 0 heterocycles. The van der Waals surface area contributed by atoms with Gasteiger partial charge in [-0.25, -0.2) is 0 Å². The third-order valence-electron chi connectivity index (χ3n) is 11.0. The van der Waals surface area contributed by atoms with Crippen LogP contribution in [0.25, 0.3) is 0 Å². The summed E-state index contributed by atoms with van der Waals surface area (Å²) in [6.07, 6.45) is 17.1. The quantitative estimate of drug-likeness (QED) is 0.497. The molecule has 2 heteroatoms. The van der Waals surface area contributed by atoms with Crippen molar-refractivity contribution in [3.05, 3.63) is 0 Å². The van der Waals surface area contributed by atoms with Gasteiger partial charge in [-0.15, -0.1) is 0 Å². The van der Waals surface area contributed by atoms with Crippen LogP contribution in [0.2, 0.25) is 0 Å². The molecule has 0 radical (unpaired) electrons. The number of fused-ring (bicyclic) bond motifs is 5. The van der Waals surface area contributed by atoms with Crippen molar-refractivity contribution in [1.82, 2.24) is 0 Å². The van der Waals surface area contributed by atoms with Crippen molar-refractivity contribution in [3.8, 4) is 0 Å². The lowest BCUT2D eigenvalue weighted by Gasteiger charge is -2.63. The second kappa shape index (κ2) is 8.19. The lowest BCUT2D eigenvalue weighted by atomic mass is 9.42. The molecular formula is C27H46O2. The fourth-order valence-electron chi connectivity index (χ4n) is 9.66. The van der Waals surface area contributed by atoms with Crippen LogP contribution < -0.4 is 0 Å². The van der Waals surface area contributed by atoms with E-state index < -0.39 is 5.97 Å². The first kappa shape index (κ1) is 21.7. The fraction of sp³-hybridized carbons (Fsp3) is 0.963. The highest BCUT2D eigenvalue weighted by Crippen LogP contribution is 2.69. The van der Waals surface area contributed by atoms with Crippen LogP contribution in [0.4, 0.5) is 0 Å². The van der Waals surface area contributed by atoms with Gasteiger partial charge < -0.3 is 5.11 Å². The predicted molar refractivity (Wildman–Crippen MR) is 120 cm³/mol. The second-order valence-corrected chi connectivity index (χ2v) is 12.2. The van der Waals surface area contributed by atoms with Crippen LogP contribution in [0.3, 0.4) is 0 Å². The summed E-state index contributed by atoms with van der Waals surface area (Å²) in [5.74, 6) is 5.44. The van der Waals surface area contributed by atoms with Gasteiger partial charge in [0.15, 0.2) is 0 Å². The smallest absolute Gasteiger partial charge is 0.303 e. The third kappa shape index (κ3) is 3.59. The standard InChI is InChI=1S/C27H46O2/c1-5-8-19-17-20-9-6-7-15-26(20,3)23-14-16-27(4)21(11-12-22(27)25(19)23)18(2)10-13-24(28)29/h18-23,25H,5-17H2,1-4H3,(H,28,29)/t18-,19+,20+,21-,22+,23+,25+,26+,27-/m1/s1. The Morgan fingerprint density at radius 1 is 1.03 bits per heavy atom. The van der Waals surface area contributed by atoms with Crippen molar-refractivity contribution in [3.63, 3.8) is 0 Å². The number of hydrogen-bond acceptors (Lipinski definition) is 1. The largest absolute Gasteiger partial charge is 0.481 e. The van der Waals surface area contributed by atoms with E-state index in [0.717, 1.165) is 41.9 Å². The van der Waals surface area contributed by atoms with Gasteiger partial charge in [-0.3, -0.25) is 4.79 Å². The first-order valence-corrected chi connectivity index (χ1v) is 13.0. The summed E-state index contributed by atoms with van der Waals surface area (Å²) < 4.78 is 0. The van der Waals surface area contributed by atoms with Crippen molar-refractivity contribution in [2.45, 2.75) is 111 Å². The molecule has 29 heavy (non-hydrogen) atoms. The first-order valence-electron chi connectivity index (χ1n) is 13.0. The Morgan fingerprint density at radius 3 is 2.52 bits per heavy atom. The number of carboxylic acids is 1. The summed E-state index contributed by atoms with van der Waals surface area (Å²) in [4.78, 5) is 11.2. The van der Waals surface area contributed by atoms with E-state index in [1.807, 2.05) is 0 Å². The molecule has 2 nitrogen and oxygen atoms in total. The molecule has 4 fully saturated rings. The van der Waals surface area contributed by atoms with Crippen LogP contribution in [-0.4, -0.2) is 11.1 Å². The summed E-state index contributed by atoms with van der Waals surface area (Å²) in [5, 5.41) is 9.19. The van der Waals surface area contributed by atoms with Crippen LogP contribution in [0.1, 0.15) is 111 Å². The maximum absolute atomic E-state index is 11.2. The molecule has 1 N–H and O–H groups in total. The predicted octanol–water partition coefficient (Wildman–Crippen LogP) is 7.56. The fourth-order valence-corrected chi connectivity index (χ4v) is 9.66. The molecule has 4 saturated carbocycles. The SMILES string of the molecule is CCC[C@H]1C[C@@H]2CCCC[C@]2(C)[C@H]2CC[C@]3(C)[C@@H]([C@H](C)CCC(=O)O)CC[C@H]3[C@H]12. The van der Waals surface area contributed by atoms with E-state index in [2.05, 4.69) is 27.7 Å². The van der Waals surface area contributed by atoms with Crippen molar-refractivity contribution < 1.29 is 9.90 Å². The molecule has 0 unspecified atom stereocenters. The highest BCUT2D eigenvalue weighted by molar-refractivity contribution is 5.66. The minimum atomic E-state index is -0.619. The minimum Gasteiger partial charge on any atom is -0.481 e. The minimum absolute atomic E-state index is 0.350. The lowest BCUT2D eigenvalue weighted by Crippen LogP contribution is -2.56. The van der Waals surface area contributed by atoms with Crippen LogP contribution in [0.15, 0.2) is 0 Å². The summed E-state index contributed by atoms with van der Waals surface area (Å²) in [5.41, 5.74) is 1.07. The summed E-state index contributed by atoms with van der Waals surface area (Å²) in [6.45, 7) is 10.1. The van der Waals surface area contributed by atoms with Crippen LogP contribution >= 0.6 is 0 Å². The molecule has 4 aliphatic rings. The van der Waals surface area contributed by atoms with Gasteiger partial charge in [-0.05, 0) is 104 Å². The molecule has 0 spiro atoms. The van der Waals surface area contributed by atoms with Crippen LogP contribution in [0.5, 0.6) is 0 Å². The highest BCUT2D eigenvalue weighted by Gasteiger charge is 2.62. The molecule has 0 aliphatic heterocycles.